The smallest absolute Gasteiger partial charge is 0.255 e. The first-order chi connectivity index (χ1) is 9.24. The molecule has 2 heterocycles. The van der Waals surface area contributed by atoms with Gasteiger partial charge in [0, 0.05) is 25.6 Å². The van der Waals surface area contributed by atoms with Gasteiger partial charge in [-0.05, 0) is 18.9 Å². The van der Waals surface area contributed by atoms with Crippen LogP contribution in [0.2, 0.25) is 0 Å². The third kappa shape index (κ3) is 3.36. The Kier molecular flexibility index (Phi) is 4.58. The van der Waals surface area contributed by atoms with Gasteiger partial charge in [-0.25, -0.2) is 0 Å². The lowest BCUT2D eigenvalue weighted by molar-refractivity contribution is 0.0912. The first kappa shape index (κ1) is 13.6. The molecule has 0 aliphatic carbocycles. The van der Waals surface area contributed by atoms with Gasteiger partial charge in [0.15, 0.2) is 0 Å². The van der Waals surface area contributed by atoms with Gasteiger partial charge in [0.2, 0.25) is 0 Å². The zero-order chi connectivity index (χ0) is 13.7. The molecule has 1 aliphatic heterocycles. The highest BCUT2D eigenvalue weighted by Gasteiger charge is 2.22. The van der Waals surface area contributed by atoms with Crippen LogP contribution in [0.1, 0.15) is 35.9 Å². The van der Waals surface area contributed by atoms with E-state index in [2.05, 4.69) is 16.3 Å². The Hall–Kier alpha value is -1.80. The molecule has 2 rings (SSSR count). The maximum absolute atomic E-state index is 12.1. The second-order valence-corrected chi connectivity index (χ2v) is 4.79. The van der Waals surface area contributed by atoms with Gasteiger partial charge in [0.1, 0.15) is 5.76 Å². The molecular weight excluding hydrogens is 242 g/mol. The lowest BCUT2D eigenvalue weighted by atomic mass is 10.0. The standard InChI is InChI=1S/C14H19N3O2/c1-2-13-12(5-10-19-13)14(18)16-11-3-7-17(8-4-11)9-6-15/h5,10-11H,2-4,7-9H2,1H3,(H,16,18). The number of nitriles is 1. The number of aryl methyl sites for hydroxylation is 1. The summed E-state index contributed by atoms with van der Waals surface area (Å²) in [7, 11) is 0. The summed E-state index contributed by atoms with van der Waals surface area (Å²) in [6.45, 7) is 4.17. The van der Waals surface area contributed by atoms with Crippen molar-refractivity contribution in [1.82, 2.24) is 10.2 Å². The predicted molar refractivity (Wildman–Crippen MR) is 70.6 cm³/mol. The minimum atomic E-state index is -0.0515. The van der Waals surface area contributed by atoms with Crippen LogP contribution in [0.5, 0.6) is 0 Å². The fourth-order valence-corrected chi connectivity index (χ4v) is 2.42. The van der Waals surface area contributed by atoms with E-state index in [1.165, 1.54) is 0 Å². The quantitative estimate of drug-likeness (QED) is 0.835. The van der Waals surface area contributed by atoms with Gasteiger partial charge in [0.25, 0.3) is 5.91 Å². The van der Waals surface area contributed by atoms with Gasteiger partial charge >= 0.3 is 0 Å². The second-order valence-electron chi connectivity index (χ2n) is 4.79. The molecule has 1 fully saturated rings. The van der Waals surface area contributed by atoms with Gasteiger partial charge in [-0.1, -0.05) is 6.92 Å². The van der Waals surface area contributed by atoms with Gasteiger partial charge in [0.05, 0.1) is 24.4 Å². The highest BCUT2D eigenvalue weighted by atomic mass is 16.3. The van der Waals surface area contributed by atoms with Crippen molar-refractivity contribution in [1.29, 1.82) is 5.26 Å². The van der Waals surface area contributed by atoms with Crippen molar-refractivity contribution >= 4 is 5.91 Å². The minimum absolute atomic E-state index is 0.0515. The normalized spacial score (nSPS) is 17.1. The van der Waals surface area contributed by atoms with Crippen LogP contribution in [0.3, 0.4) is 0 Å². The summed E-state index contributed by atoms with van der Waals surface area (Å²) >= 11 is 0. The molecule has 0 unspecified atom stereocenters. The number of hydrogen-bond acceptors (Lipinski definition) is 4. The SMILES string of the molecule is CCc1occc1C(=O)NC1CCN(CC#N)CC1. The largest absolute Gasteiger partial charge is 0.469 e. The van der Waals surface area contributed by atoms with Crippen molar-refractivity contribution in [3.8, 4) is 6.07 Å². The average Bonchev–Trinajstić information content (AvgIpc) is 2.90. The van der Waals surface area contributed by atoms with E-state index >= 15 is 0 Å². The molecule has 5 heteroatoms. The van der Waals surface area contributed by atoms with Crippen molar-refractivity contribution in [3.05, 3.63) is 23.7 Å². The fraction of sp³-hybridized carbons (Fsp3) is 0.571. The molecule has 5 nitrogen and oxygen atoms in total. The Morgan fingerprint density at radius 2 is 2.32 bits per heavy atom. The summed E-state index contributed by atoms with van der Waals surface area (Å²) in [4.78, 5) is 14.2. The molecule has 1 saturated heterocycles. The van der Waals surface area contributed by atoms with Gasteiger partial charge in [-0.3, -0.25) is 9.69 Å². The first-order valence-corrected chi connectivity index (χ1v) is 6.71. The van der Waals surface area contributed by atoms with Crippen LogP contribution in [0.15, 0.2) is 16.7 Å². The topological polar surface area (TPSA) is 69.3 Å². The fourth-order valence-electron chi connectivity index (χ4n) is 2.42. The van der Waals surface area contributed by atoms with Gasteiger partial charge < -0.3 is 9.73 Å². The summed E-state index contributed by atoms with van der Waals surface area (Å²) in [5.41, 5.74) is 0.641. The molecule has 1 aliphatic rings. The molecule has 0 radical (unpaired) electrons. The number of nitrogens with zero attached hydrogens (tertiary/aromatic N) is 2. The van der Waals surface area contributed by atoms with Crippen molar-refractivity contribution in [2.75, 3.05) is 19.6 Å². The number of rotatable bonds is 4. The van der Waals surface area contributed by atoms with Crippen LogP contribution in [0, 0.1) is 11.3 Å². The predicted octanol–water partition coefficient (Wildman–Crippen LogP) is 1.56. The Morgan fingerprint density at radius 1 is 1.58 bits per heavy atom. The van der Waals surface area contributed by atoms with E-state index in [9.17, 15) is 4.79 Å². The maximum Gasteiger partial charge on any atom is 0.255 e. The third-order valence-electron chi connectivity index (χ3n) is 3.53. The number of carbonyl (C=O) groups is 1. The Bertz CT molecular complexity index is 467. The molecular formula is C14H19N3O2. The van der Waals surface area contributed by atoms with E-state index < -0.39 is 0 Å². The minimum Gasteiger partial charge on any atom is -0.469 e. The number of piperidine rings is 1. The molecule has 102 valence electrons. The summed E-state index contributed by atoms with van der Waals surface area (Å²) < 4.78 is 5.27. The lowest BCUT2D eigenvalue weighted by Crippen LogP contribution is -2.44. The second kappa shape index (κ2) is 6.39. The number of likely N-dealkylation sites (tertiary alicyclic amines) is 1. The maximum atomic E-state index is 12.1. The van der Waals surface area contributed by atoms with Crippen molar-refractivity contribution in [3.63, 3.8) is 0 Å². The highest BCUT2D eigenvalue weighted by Crippen LogP contribution is 2.14. The molecule has 0 bridgehead atoms. The molecule has 0 atom stereocenters. The van der Waals surface area contributed by atoms with Crippen LogP contribution >= 0.6 is 0 Å². The van der Waals surface area contributed by atoms with E-state index in [-0.39, 0.29) is 11.9 Å². The summed E-state index contributed by atoms with van der Waals surface area (Å²) in [5, 5.41) is 11.7. The van der Waals surface area contributed by atoms with E-state index in [1.807, 2.05) is 6.92 Å². The van der Waals surface area contributed by atoms with Crippen molar-refractivity contribution in [2.24, 2.45) is 0 Å². The molecule has 1 aromatic heterocycles. The number of furan rings is 1. The van der Waals surface area contributed by atoms with Crippen LogP contribution in [-0.4, -0.2) is 36.5 Å². The lowest BCUT2D eigenvalue weighted by Gasteiger charge is -2.30. The van der Waals surface area contributed by atoms with Crippen LogP contribution in [-0.2, 0) is 6.42 Å². The van der Waals surface area contributed by atoms with Gasteiger partial charge in [-0.2, -0.15) is 5.26 Å². The van der Waals surface area contributed by atoms with Crippen LogP contribution in [0.25, 0.3) is 0 Å². The molecule has 1 aromatic rings. The van der Waals surface area contributed by atoms with Crippen molar-refractivity contribution < 1.29 is 9.21 Å². The number of amides is 1. The van der Waals surface area contributed by atoms with E-state index in [0.717, 1.165) is 38.1 Å². The Morgan fingerprint density at radius 3 is 2.95 bits per heavy atom. The zero-order valence-electron chi connectivity index (χ0n) is 11.2. The Labute approximate surface area is 113 Å². The molecule has 0 spiro atoms. The summed E-state index contributed by atoms with van der Waals surface area (Å²) in [6, 6.07) is 4.07. The molecule has 1 N–H and O–H groups in total. The van der Waals surface area contributed by atoms with Crippen LogP contribution < -0.4 is 5.32 Å². The summed E-state index contributed by atoms with van der Waals surface area (Å²) in [6.07, 6.45) is 4.07. The third-order valence-corrected chi connectivity index (χ3v) is 3.53. The van der Waals surface area contributed by atoms with E-state index in [1.54, 1.807) is 12.3 Å². The zero-order valence-corrected chi connectivity index (χ0v) is 11.2. The van der Waals surface area contributed by atoms with E-state index in [4.69, 9.17) is 9.68 Å². The molecule has 0 saturated carbocycles. The van der Waals surface area contributed by atoms with E-state index in [0.29, 0.717) is 12.1 Å². The molecule has 1 amide bonds. The Balaban J connectivity index is 1.86. The van der Waals surface area contributed by atoms with Crippen LogP contribution in [0.4, 0.5) is 0 Å². The van der Waals surface area contributed by atoms with Gasteiger partial charge in [-0.15, -0.1) is 0 Å². The molecule has 0 aromatic carbocycles. The monoisotopic (exact) mass is 261 g/mol. The summed E-state index contributed by atoms with van der Waals surface area (Å²) in [5.74, 6) is 0.684. The number of nitrogens with one attached hydrogen (secondary N) is 1. The average molecular weight is 261 g/mol. The molecule has 19 heavy (non-hydrogen) atoms. The number of hydrogen-bond donors (Lipinski definition) is 1. The van der Waals surface area contributed by atoms with Crippen molar-refractivity contribution in [2.45, 2.75) is 32.2 Å². The highest BCUT2D eigenvalue weighted by molar-refractivity contribution is 5.95. The number of carbonyl (C=O) groups excluding carboxylic acids is 1. The first-order valence-electron chi connectivity index (χ1n) is 6.71.